The highest BCUT2D eigenvalue weighted by Crippen LogP contribution is 2.24. The minimum atomic E-state index is -3.78. The smallest absolute Gasteiger partial charge is 0.252 e. The van der Waals surface area contributed by atoms with Gasteiger partial charge in [0, 0.05) is 31.0 Å². The lowest BCUT2D eigenvalue weighted by molar-refractivity contribution is -0.118. The zero-order valence-corrected chi connectivity index (χ0v) is 18.0. The van der Waals surface area contributed by atoms with Crippen LogP contribution in [0.2, 0.25) is 0 Å². The van der Waals surface area contributed by atoms with Crippen LogP contribution in [0.4, 0.5) is 10.1 Å². The van der Waals surface area contributed by atoms with Gasteiger partial charge in [-0.3, -0.25) is 14.2 Å². The Morgan fingerprint density at radius 1 is 0.938 bits per heavy atom. The Morgan fingerprint density at radius 3 is 2.25 bits per heavy atom. The maximum Gasteiger partial charge on any atom is 0.252 e. The number of sulfonamides is 1. The highest BCUT2D eigenvalue weighted by Gasteiger charge is 2.30. The zero-order chi connectivity index (χ0) is 22.7. The summed E-state index contributed by atoms with van der Waals surface area (Å²) in [6.45, 7) is 0.850. The summed E-state index contributed by atoms with van der Waals surface area (Å²) in [6.07, 6.45) is 2.79. The van der Waals surface area contributed by atoms with Crippen LogP contribution in [0.3, 0.4) is 0 Å². The van der Waals surface area contributed by atoms with E-state index in [1.807, 2.05) is 0 Å². The van der Waals surface area contributed by atoms with Crippen molar-refractivity contribution < 1.29 is 17.6 Å². The number of hydrogen-bond acceptors (Lipinski definition) is 4. The molecule has 1 aliphatic rings. The van der Waals surface area contributed by atoms with Gasteiger partial charge in [0.25, 0.3) is 11.5 Å². The topological polar surface area (TPSA) is 88.5 Å². The summed E-state index contributed by atoms with van der Waals surface area (Å²) in [5.74, 6) is -1.00. The maximum absolute atomic E-state index is 13.2. The van der Waals surface area contributed by atoms with Gasteiger partial charge < -0.3 is 5.32 Å². The molecule has 1 aliphatic heterocycles. The third-order valence-electron chi connectivity index (χ3n) is 5.37. The first-order valence-electron chi connectivity index (χ1n) is 10.2. The van der Waals surface area contributed by atoms with E-state index in [1.54, 1.807) is 30.3 Å². The summed E-state index contributed by atoms with van der Waals surface area (Å²) in [7, 11) is -3.78. The molecular weight excluding hydrogens is 433 g/mol. The first-order chi connectivity index (χ1) is 15.4. The van der Waals surface area contributed by atoms with Gasteiger partial charge in [-0.25, -0.2) is 12.8 Å². The van der Waals surface area contributed by atoms with Crippen molar-refractivity contribution in [2.24, 2.45) is 0 Å². The second-order valence-electron chi connectivity index (χ2n) is 7.53. The van der Waals surface area contributed by atoms with Crippen LogP contribution in [0.15, 0.2) is 82.6 Å². The SMILES string of the molecule is O=C(Nc1ccc(F)cc1)C(c1ccccc1)n1cc(S(=O)(=O)N2CCCC2)ccc1=O. The minimum absolute atomic E-state index is 0.0467. The molecule has 1 atom stereocenters. The van der Waals surface area contributed by atoms with Gasteiger partial charge in [-0.2, -0.15) is 4.31 Å². The van der Waals surface area contributed by atoms with Gasteiger partial charge in [0.2, 0.25) is 10.0 Å². The van der Waals surface area contributed by atoms with Gasteiger partial charge in [-0.05, 0) is 48.7 Å². The molecule has 1 amide bonds. The average molecular weight is 456 g/mol. The van der Waals surface area contributed by atoms with Crippen LogP contribution in [0.5, 0.6) is 0 Å². The average Bonchev–Trinajstić information content (AvgIpc) is 3.33. The molecule has 0 spiro atoms. The second-order valence-corrected chi connectivity index (χ2v) is 9.47. The van der Waals surface area contributed by atoms with E-state index in [9.17, 15) is 22.4 Å². The summed E-state index contributed by atoms with van der Waals surface area (Å²) in [5, 5.41) is 2.68. The van der Waals surface area contributed by atoms with Crippen molar-refractivity contribution in [3.63, 3.8) is 0 Å². The monoisotopic (exact) mass is 455 g/mol. The van der Waals surface area contributed by atoms with E-state index in [1.165, 1.54) is 40.8 Å². The van der Waals surface area contributed by atoms with Crippen molar-refractivity contribution in [1.29, 1.82) is 0 Å². The number of rotatable bonds is 6. The van der Waals surface area contributed by atoms with Crippen LogP contribution in [0, 0.1) is 5.82 Å². The number of benzene rings is 2. The number of anilines is 1. The molecule has 0 bridgehead atoms. The molecule has 3 aromatic rings. The standard InChI is InChI=1S/C23H22FN3O4S/c24-18-8-10-19(11-9-18)25-23(29)22(17-6-2-1-3-7-17)27-16-20(12-13-21(27)28)32(30,31)26-14-4-5-15-26/h1-3,6-13,16,22H,4-5,14-15H2,(H,25,29). The van der Waals surface area contributed by atoms with E-state index in [0.29, 0.717) is 24.3 Å². The predicted molar refractivity (Wildman–Crippen MR) is 118 cm³/mol. The molecule has 1 fully saturated rings. The number of pyridine rings is 1. The van der Waals surface area contributed by atoms with Gasteiger partial charge in [0.05, 0.1) is 4.90 Å². The van der Waals surface area contributed by atoms with E-state index in [-0.39, 0.29) is 4.90 Å². The lowest BCUT2D eigenvalue weighted by Gasteiger charge is -2.22. The molecule has 32 heavy (non-hydrogen) atoms. The highest BCUT2D eigenvalue weighted by atomic mass is 32.2. The molecule has 7 nitrogen and oxygen atoms in total. The minimum Gasteiger partial charge on any atom is -0.324 e. The predicted octanol–water partition coefficient (Wildman–Crippen LogP) is 3.00. The van der Waals surface area contributed by atoms with Crippen molar-refractivity contribution in [1.82, 2.24) is 8.87 Å². The Bertz CT molecular complexity index is 1270. The van der Waals surface area contributed by atoms with Crippen LogP contribution >= 0.6 is 0 Å². The number of nitrogens with zero attached hydrogens (tertiary/aromatic N) is 2. The molecule has 1 saturated heterocycles. The molecule has 1 unspecified atom stereocenters. The summed E-state index contributed by atoms with van der Waals surface area (Å²) in [4.78, 5) is 26.0. The maximum atomic E-state index is 13.2. The van der Waals surface area contributed by atoms with E-state index in [4.69, 9.17) is 0 Å². The van der Waals surface area contributed by atoms with Crippen LogP contribution in [-0.4, -0.2) is 36.3 Å². The fourth-order valence-electron chi connectivity index (χ4n) is 3.73. The Labute approximate surface area is 185 Å². The molecule has 166 valence electrons. The number of hydrogen-bond donors (Lipinski definition) is 1. The molecular formula is C23H22FN3O4S. The zero-order valence-electron chi connectivity index (χ0n) is 17.1. The van der Waals surface area contributed by atoms with Crippen LogP contribution < -0.4 is 10.9 Å². The summed E-state index contributed by atoms with van der Waals surface area (Å²) in [5.41, 5.74) is 0.338. The molecule has 9 heteroatoms. The van der Waals surface area contributed by atoms with Gasteiger partial charge in [0.15, 0.2) is 0 Å². The van der Waals surface area contributed by atoms with Crippen LogP contribution in [0.1, 0.15) is 24.4 Å². The van der Waals surface area contributed by atoms with E-state index in [0.717, 1.165) is 23.5 Å². The fraction of sp³-hybridized carbons (Fsp3) is 0.217. The molecule has 1 N–H and O–H groups in total. The number of nitrogens with one attached hydrogen (secondary N) is 1. The number of amides is 1. The third kappa shape index (κ3) is 4.49. The number of halogens is 1. The third-order valence-corrected chi connectivity index (χ3v) is 7.25. The number of carbonyl (C=O) groups excluding carboxylic acids is 1. The van der Waals surface area contributed by atoms with Gasteiger partial charge in [-0.1, -0.05) is 30.3 Å². The van der Waals surface area contributed by atoms with E-state index in [2.05, 4.69) is 5.32 Å². The van der Waals surface area contributed by atoms with Crippen molar-refractivity contribution in [3.05, 3.63) is 94.7 Å². The molecule has 1 aromatic heterocycles. The molecule has 0 saturated carbocycles. The molecule has 2 heterocycles. The summed E-state index contributed by atoms with van der Waals surface area (Å²) >= 11 is 0. The van der Waals surface area contributed by atoms with Gasteiger partial charge in [0.1, 0.15) is 11.9 Å². The molecule has 2 aromatic carbocycles. The van der Waals surface area contributed by atoms with E-state index < -0.39 is 33.3 Å². The Kier molecular flexibility index (Phi) is 6.20. The lowest BCUT2D eigenvalue weighted by atomic mass is 10.1. The summed E-state index contributed by atoms with van der Waals surface area (Å²) < 4.78 is 41.8. The Balaban J connectivity index is 1.77. The summed E-state index contributed by atoms with van der Waals surface area (Å²) in [6, 6.07) is 15.1. The Morgan fingerprint density at radius 2 is 1.59 bits per heavy atom. The normalized spacial score (nSPS) is 15.4. The van der Waals surface area contributed by atoms with Crippen molar-refractivity contribution in [2.75, 3.05) is 18.4 Å². The van der Waals surface area contributed by atoms with Crippen LogP contribution in [-0.2, 0) is 14.8 Å². The Hall–Kier alpha value is -3.30. The molecule has 0 aliphatic carbocycles. The molecule has 0 radical (unpaired) electrons. The lowest BCUT2D eigenvalue weighted by Crippen LogP contribution is -2.35. The van der Waals surface area contributed by atoms with Gasteiger partial charge >= 0.3 is 0 Å². The highest BCUT2D eigenvalue weighted by molar-refractivity contribution is 7.89. The second kappa shape index (κ2) is 9.05. The fourth-order valence-corrected chi connectivity index (χ4v) is 5.26. The van der Waals surface area contributed by atoms with Crippen molar-refractivity contribution in [3.8, 4) is 0 Å². The van der Waals surface area contributed by atoms with Crippen molar-refractivity contribution >= 4 is 21.6 Å². The largest absolute Gasteiger partial charge is 0.324 e. The van der Waals surface area contributed by atoms with E-state index >= 15 is 0 Å². The van der Waals surface area contributed by atoms with Crippen LogP contribution in [0.25, 0.3) is 0 Å². The molecule has 4 rings (SSSR count). The van der Waals surface area contributed by atoms with Crippen molar-refractivity contribution in [2.45, 2.75) is 23.8 Å². The number of aromatic nitrogens is 1. The number of carbonyl (C=O) groups is 1. The van der Waals surface area contributed by atoms with Gasteiger partial charge in [-0.15, -0.1) is 0 Å². The first kappa shape index (κ1) is 21.9. The first-order valence-corrected chi connectivity index (χ1v) is 11.6. The quantitative estimate of drug-likeness (QED) is 0.619.